The van der Waals surface area contributed by atoms with Gasteiger partial charge in [0.05, 0.1) is 30.8 Å². The second-order valence-electron chi connectivity index (χ2n) is 8.81. The number of nitrogens with one attached hydrogen (secondary N) is 2. The molecule has 192 valence electrons. The Morgan fingerprint density at radius 3 is 2.89 bits per heavy atom. The lowest BCUT2D eigenvalue weighted by molar-refractivity contribution is -0.123. The molecule has 12 nitrogen and oxygen atoms in total. The number of carbonyl (C=O) groups is 1. The van der Waals surface area contributed by atoms with E-state index in [0.717, 1.165) is 5.56 Å². The fourth-order valence-corrected chi connectivity index (χ4v) is 3.95. The van der Waals surface area contributed by atoms with E-state index in [9.17, 15) is 19.5 Å². The molecule has 0 spiro atoms. The van der Waals surface area contributed by atoms with Crippen molar-refractivity contribution in [3.8, 4) is 0 Å². The number of imidazole rings is 1. The minimum Gasteiger partial charge on any atom is -0.390 e. The van der Waals surface area contributed by atoms with Crippen molar-refractivity contribution in [2.45, 2.75) is 57.6 Å². The van der Waals surface area contributed by atoms with Crippen LogP contribution in [0.25, 0.3) is 0 Å². The summed E-state index contributed by atoms with van der Waals surface area (Å²) in [4.78, 5) is 42.7. The molecule has 1 fully saturated rings. The number of nitrogens with zero attached hydrogens (tertiary/aromatic N) is 3. The average Bonchev–Trinajstić information content (AvgIpc) is 3.46. The predicted octanol–water partition coefficient (Wildman–Crippen LogP) is -0.450. The summed E-state index contributed by atoms with van der Waals surface area (Å²) < 4.78 is 14.4. The number of aliphatic hydroxyl groups is 1. The molecule has 12 heteroatoms. The molecule has 0 saturated carbocycles. The maximum atomic E-state index is 12.5. The molecular formula is C24H30N6O6. The van der Waals surface area contributed by atoms with Crippen LogP contribution in [0, 0.1) is 6.92 Å². The molecule has 3 aromatic rings. The third-order valence-corrected chi connectivity index (χ3v) is 5.94. The van der Waals surface area contributed by atoms with Crippen molar-refractivity contribution >= 4 is 5.91 Å². The molecule has 1 aliphatic rings. The summed E-state index contributed by atoms with van der Waals surface area (Å²) in [5, 5.41) is 13.0. The molecule has 2 aromatic heterocycles. The van der Waals surface area contributed by atoms with Crippen molar-refractivity contribution in [3.63, 3.8) is 0 Å². The maximum Gasteiger partial charge on any atom is 0.330 e. The largest absolute Gasteiger partial charge is 0.390 e. The van der Waals surface area contributed by atoms with Gasteiger partial charge in [-0.3, -0.25) is 19.1 Å². The van der Waals surface area contributed by atoms with Crippen molar-refractivity contribution in [1.29, 1.82) is 0 Å². The number of aromatic amines is 1. The Morgan fingerprint density at radius 2 is 2.11 bits per heavy atom. The van der Waals surface area contributed by atoms with E-state index in [1.54, 1.807) is 24.0 Å². The van der Waals surface area contributed by atoms with Gasteiger partial charge in [0.1, 0.15) is 19.1 Å². The molecule has 1 aromatic carbocycles. The lowest BCUT2D eigenvalue weighted by Gasteiger charge is -2.18. The van der Waals surface area contributed by atoms with Crippen molar-refractivity contribution in [3.05, 3.63) is 86.7 Å². The van der Waals surface area contributed by atoms with Crippen molar-refractivity contribution in [1.82, 2.24) is 24.4 Å². The smallest absolute Gasteiger partial charge is 0.330 e. The van der Waals surface area contributed by atoms with Crippen LogP contribution in [0.3, 0.4) is 0 Å². The van der Waals surface area contributed by atoms with Crippen LogP contribution in [0.2, 0.25) is 0 Å². The summed E-state index contributed by atoms with van der Waals surface area (Å²) in [6.45, 7) is 2.38. The zero-order chi connectivity index (χ0) is 25.7. The Bertz CT molecular complexity index is 1290. The summed E-state index contributed by atoms with van der Waals surface area (Å²) in [5.74, 6) is -0.416. The van der Waals surface area contributed by atoms with Crippen LogP contribution in [0.5, 0.6) is 0 Å². The molecule has 1 aliphatic heterocycles. The predicted molar refractivity (Wildman–Crippen MR) is 129 cm³/mol. The van der Waals surface area contributed by atoms with E-state index in [4.69, 9.17) is 15.2 Å². The topological polar surface area (TPSA) is 166 Å². The molecule has 1 amide bonds. The van der Waals surface area contributed by atoms with Gasteiger partial charge in [-0.2, -0.15) is 0 Å². The highest BCUT2D eigenvalue weighted by atomic mass is 16.5. The molecule has 36 heavy (non-hydrogen) atoms. The Labute approximate surface area is 206 Å². The third kappa shape index (κ3) is 6.34. The van der Waals surface area contributed by atoms with E-state index >= 15 is 0 Å². The highest BCUT2D eigenvalue weighted by Crippen LogP contribution is 2.27. The van der Waals surface area contributed by atoms with E-state index in [-0.39, 0.29) is 19.4 Å². The summed E-state index contributed by atoms with van der Waals surface area (Å²) in [5.41, 5.74) is 7.01. The van der Waals surface area contributed by atoms with Crippen molar-refractivity contribution in [2.24, 2.45) is 5.73 Å². The van der Waals surface area contributed by atoms with E-state index in [2.05, 4.69) is 15.3 Å². The first-order chi connectivity index (χ1) is 17.3. The standard InChI is InChI=1S/C24H30N6O6/c1-15-10-30(24(34)28-22(15)32)21-8-19(31)20(36-21)9-26-23(33)18(25)7-17-11-29(13-27-17)14-35-12-16-5-3-2-4-6-16/h2-6,10-11,13,18-21,31H,7-9,12,14,25H2,1H3,(H,26,33)(H,28,32,34)/t18-,19+,20-,21-/m1/s1. The molecule has 4 rings (SSSR count). The van der Waals surface area contributed by atoms with Gasteiger partial charge in [0.25, 0.3) is 5.56 Å². The number of hydrogen-bond acceptors (Lipinski definition) is 8. The van der Waals surface area contributed by atoms with Crippen LogP contribution < -0.4 is 22.3 Å². The average molecular weight is 499 g/mol. The molecule has 1 saturated heterocycles. The van der Waals surface area contributed by atoms with Gasteiger partial charge in [0, 0.05) is 37.3 Å². The molecule has 0 unspecified atom stereocenters. The lowest BCUT2D eigenvalue weighted by atomic mass is 10.1. The zero-order valence-electron chi connectivity index (χ0n) is 19.9. The monoisotopic (exact) mass is 498 g/mol. The first kappa shape index (κ1) is 25.5. The molecule has 4 atom stereocenters. The summed E-state index contributed by atoms with van der Waals surface area (Å²) in [7, 11) is 0. The third-order valence-electron chi connectivity index (χ3n) is 5.94. The number of aliphatic hydroxyl groups excluding tert-OH is 1. The number of rotatable bonds is 10. The van der Waals surface area contributed by atoms with Crippen molar-refractivity contribution < 1.29 is 19.4 Å². The number of aromatic nitrogens is 4. The van der Waals surface area contributed by atoms with E-state index in [1.807, 2.05) is 30.3 Å². The SMILES string of the molecule is Cc1cn([C@H]2C[C@H](O)[C@@H](CNC(=O)[C@H](N)Cc3cn(COCc4ccccc4)cn3)O2)c(=O)[nH]c1=O. The quantitative estimate of drug-likeness (QED) is 0.292. The normalized spacial score (nSPS) is 20.4. The molecule has 0 radical (unpaired) electrons. The highest BCUT2D eigenvalue weighted by molar-refractivity contribution is 5.81. The number of ether oxygens (including phenoxy) is 2. The van der Waals surface area contributed by atoms with Gasteiger partial charge in [-0.05, 0) is 12.5 Å². The fourth-order valence-electron chi connectivity index (χ4n) is 3.95. The number of amides is 1. The minimum atomic E-state index is -0.905. The van der Waals surface area contributed by atoms with Crippen LogP contribution >= 0.6 is 0 Å². The number of carbonyl (C=O) groups excluding carboxylic acids is 1. The highest BCUT2D eigenvalue weighted by Gasteiger charge is 2.36. The number of aryl methyl sites for hydroxylation is 1. The van der Waals surface area contributed by atoms with Gasteiger partial charge < -0.3 is 30.2 Å². The van der Waals surface area contributed by atoms with Crippen LogP contribution in [-0.2, 0) is 34.0 Å². The Morgan fingerprint density at radius 1 is 1.33 bits per heavy atom. The van der Waals surface area contributed by atoms with E-state index in [1.165, 1.54) is 10.8 Å². The van der Waals surface area contributed by atoms with Gasteiger partial charge in [-0.15, -0.1) is 0 Å². The first-order valence-corrected chi connectivity index (χ1v) is 11.6. The fraction of sp³-hybridized carbons (Fsp3) is 0.417. The van der Waals surface area contributed by atoms with Gasteiger partial charge in [0.2, 0.25) is 5.91 Å². The van der Waals surface area contributed by atoms with Crippen LogP contribution in [-0.4, -0.2) is 54.9 Å². The maximum absolute atomic E-state index is 12.5. The van der Waals surface area contributed by atoms with Crippen LogP contribution in [0.1, 0.15) is 29.5 Å². The van der Waals surface area contributed by atoms with Crippen LogP contribution in [0.15, 0.2) is 58.6 Å². The first-order valence-electron chi connectivity index (χ1n) is 11.6. The van der Waals surface area contributed by atoms with Gasteiger partial charge in [0.15, 0.2) is 0 Å². The zero-order valence-corrected chi connectivity index (χ0v) is 19.9. The molecule has 5 N–H and O–H groups in total. The Kier molecular flexibility index (Phi) is 8.10. The van der Waals surface area contributed by atoms with Gasteiger partial charge in [-0.25, -0.2) is 9.78 Å². The Balaban J connectivity index is 1.23. The molecular weight excluding hydrogens is 468 g/mol. The second kappa shape index (κ2) is 11.4. The Hall–Kier alpha value is -3.58. The summed E-state index contributed by atoms with van der Waals surface area (Å²) in [6.07, 6.45) is 2.75. The number of benzene rings is 1. The number of nitrogens with two attached hydrogens (primary N) is 1. The number of hydrogen-bond donors (Lipinski definition) is 4. The van der Waals surface area contributed by atoms with Crippen molar-refractivity contribution in [2.75, 3.05) is 6.54 Å². The van der Waals surface area contributed by atoms with Gasteiger partial charge in [-0.1, -0.05) is 30.3 Å². The van der Waals surface area contributed by atoms with Crippen LogP contribution in [0.4, 0.5) is 0 Å². The molecule has 0 aliphatic carbocycles. The minimum absolute atomic E-state index is 0.0169. The second-order valence-corrected chi connectivity index (χ2v) is 8.81. The summed E-state index contributed by atoms with van der Waals surface area (Å²) >= 11 is 0. The lowest BCUT2D eigenvalue weighted by Crippen LogP contribution is -2.46. The molecule has 0 bridgehead atoms. The van der Waals surface area contributed by atoms with Gasteiger partial charge >= 0.3 is 5.69 Å². The summed E-state index contributed by atoms with van der Waals surface area (Å²) in [6, 6.07) is 8.97. The van der Waals surface area contributed by atoms with E-state index in [0.29, 0.717) is 24.6 Å². The van der Waals surface area contributed by atoms with E-state index < -0.39 is 41.6 Å². The molecule has 3 heterocycles. The number of H-pyrrole nitrogens is 1.